The number of carbonyl (C=O) groups is 1. The smallest absolute Gasteiger partial charge is 0.333 e. The SMILES string of the molecule is C=CCC(COC(=O)C(=C)C)N(C)C. The van der Waals surface area contributed by atoms with Gasteiger partial charge in [0.05, 0.1) is 0 Å². The van der Waals surface area contributed by atoms with E-state index in [-0.39, 0.29) is 12.0 Å². The standard InChI is InChI=1S/C11H19NO2/c1-6-7-10(12(4)5)8-14-11(13)9(2)3/h6,10H,1-2,7-8H2,3-5H3. The predicted octanol–water partition coefficient (Wildman–Crippen LogP) is 1.61. The molecule has 0 aliphatic rings. The highest BCUT2D eigenvalue weighted by atomic mass is 16.5. The van der Waals surface area contributed by atoms with Gasteiger partial charge in [-0.25, -0.2) is 4.79 Å². The first-order valence-corrected chi connectivity index (χ1v) is 4.59. The zero-order valence-electron chi connectivity index (χ0n) is 9.25. The molecule has 0 rings (SSSR count). The van der Waals surface area contributed by atoms with Gasteiger partial charge in [-0.05, 0) is 27.4 Å². The third-order valence-electron chi connectivity index (χ3n) is 1.92. The molecular formula is C11H19NO2. The van der Waals surface area contributed by atoms with E-state index in [2.05, 4.69) is 13.2 Å². The van der Waals surface area contributed by atoms with Gasteiger partial charge < -0.3 is 9.64 Å². The number of rotatable bonds is 6. The molecule has 3 heteroatoms. The van der Waals surface area contributed by atoms with Crippen LogP contribution < -0.4 is 0 Å². The lowest BCUT2D eigenvalue weighted by molar-refractivity contribution is -0.140. The topological polar surface area (TPSA) is 29.5 Å². The third kappa shape index (κ3) is 4.82. The summed E-state index contributed by atoms with van der Waals surface area (Å²) in [6, 6.07) is 0.191. The Kier molecular flexibility index (Phi) is 5.88. The van der Waals surface area contributed by atoms with Gasteiger partial charge in [0.25, 0.3) is 0 Å². The summed E-state index contributed by atoms with van der Waals surface area (Å²) in [4.78, 5) is 13.1. The highest BCUT2D eigenvalue weighted by Crippen LogP contribution is 2.03. The Morgan fingerprint density at radius 1 is 1.57 bits per heavy atom. The molecule has 14 heavy (non-hydrogen) atoms. The monoisotopic (exact) mass is 197 g/mol. The maximum absolute atomic E-state index is 11.1. The molecule has 0 aromatic carbocycles. The number of carbonyl (C=O) groups excluding carboxylic acids is 1. The minimum Gasteiger partial charge on any atom is -0.461 e. The molecule has 0 aromatic rings. The lowest BCUT2D eigenvalue weighted by Crippen LogP contribution is -2.33. The maximum Gasteiger partial charge on any atom is 0.333 e. The molecule has 0 amide bonds. The van der Waals surface area contributed by atoms with Gasteiger partial charge in [0.2, 0.25) is 0 Å². The normalized spacial score (nSPS) is 12.3. The molecule has 1 unspecified atom stereocenters. The lowest BCUT2D eigenvalue weighted by atomic mass is 10.2. The van der Waals surface area contributed by atoms with Crippen molar-refractivity contribution in [3.05, 3.63) is 24.8 Å². The quantitative estimate of drug-likeness (QED) is 0.368. The Balaban J connectivity index is 3.99. The zero-order valence-corrected chi connectivity index (χ0v) is 9.25. The van der Waals surface area contributed by atoms with Crippen LogP contribution >= 0.6 is 0 Å². The van der Waals surface area contributed by atoms with Crippen LogP contribution in [0.4, 0.5) is 0 Å². The van der Waals surface area contributed by atoms with Gasteiger partial charge in [-0.15, -0.1) is 6.58 Å². The second kappa shape index (κ2) is 6.38. The number of esters is 1. The minimum atomic E-state index is -0.332. The Labute approximate surface area is 86.0 Å². The van der Waals surface area contributed by atoms with Crippen LogP contribution in [0, 0.1) is 0 Å². The highest BCUT2D eigenvalue weighted by Gasteiger charge is 2.12. The Bertz CT molecular complexity index is 221. The van der Waals surface area contributed by atoms with Crippen LogP contribution in [0.3, 0.4) is 0 Å². The van der Waals surface area contributed by atoms with Crippen LogP contribution in [0.2, 0.25) is 0 Å². The molecule has 0 aliphatic heterocycles. The second-order valence-electron chi connectivity index (χ2n) is 3.52. The first-order chi connectivity index (χ1) is 6.49. The highest BCUT2D eigenvalue weighted by molar-refractivity contribution is 5.86. The average molecular weight is 197 g/mol. The summed E-state index contributed by atoms with van der Waals surface area (Å²) in [5, 5.41) is 0. The third-order valence-corrected chi connectivity index (χ3v) is 1.92. The van der Waals surface area contributed by atoms with E-state index in [1.54, 1.807) is 6.92 Å². The molecule has 0 aliphatic carbocycles. The molecule has 3 nitrogen and oxygen atoms in total. The number of hydrogen-bond acceptors (Lipinski definition) is 3. The maximum atomic E-state index is 11.1. The first-order valence-electron chi connectivity index (χ1n) is 4.59. The largest absolute Gasteiger partial charge is 0.461 e. The molecule has 0 saturated carbocycles. The molecule has 0 bridgehead atoms. The molecular weight excluding hydrogens is 178 g/mol. The van der Waals surface area contributed by atoms with Gasteiger partial charge in [-0.1, -0.05) is 12.7 Å². The molecule has 1 atom stereocenters. The van der Waals surface area contributed by atoms with Gasteiger partial charge >= 0.3 is 5.97 Å². The van der Waals surface area contributed by atoms with Crippen molar-refractivity contribution in [1.29, 1.82) is 0 Å². The van der Waals surface area contributed by atoms with E-state index in [1.807, 2.05) is 25.1 Å². The van der Waals surface area contributed by atoms with E-state index in [9.17, 15) is 4.79 Å². The van der Waals surface area contributed by atoms with Crippen molar-refractivity contribution in [3.8, 4) is 0 Å². The summed E-state index contributed by atoms with van der Waals surface area (Å²) < 4.78 is 5.05. The fourth-order valence-electron chi connectivity index (χ4n) is 0.915. The number of hydrogen-bond donors (Lipinski definition) is 0. The Morgan fingerprint density at radius 3 is 2.50 bits per heavy atom. The van der Waals surface area contributed by atoms with Crippen LogP contribution in [0.15, 0.2) is 24.8 Å². The van der Waals surface area contributed by atoms with Crippen LogP contribution in [-0.4, -0.2) is 37.6 Å². The van der Waals surface area contributed by atoms with Crippen molar-refractivity contribution in [2.45, 2.75) is 19.4 Å². The average Bonchev–Trinajstić information content (AvgIpc) is 2.10. The molecule has 80 valence electrons. The summed E-state index contributed by atoms with van der Waals surface area (Å²) in [7, 11) is 3.89. The van der Waals surface area contributed by atoms with Crippen molar-refractivity contribution in [2.75, 3.05) is 20.7 Å². The van der Waals surface area contributed by atoms with E-state index in [4.69, 9.17) is 4.74 Å². The fourth-order valence-corrected chi connectivity index (χ4v) is 0.915. The van der Waals surface area contributed by atoms with Gasteiger partial charge in [-0.2, -0.15) is 0 Å². The number of likely N-dealkylation sites (N-methyl/N-ethyl adjacent to an activating group) is 1. The van der Waals surface area contributed by atoms with Crippen molar-refractivity contribution >= 4 is 5.97 Å². The molecule has 0 fully saturated rings. The van der Waals surface area contributed by atoms with Gasteiger partial charge in [0.1, 0.15) is 6.61 Å². The van der Waals surface area contributed by atoms with Crippen molar-refractivity contribution < 1.29 is 9.53 Å². The van der Waals surface area contributed by atoms with Crippen molar-refractivity contribution in [1.82, 2.24) is 4.90 Å². The zero-order chi connectivity index (χ0) is 11.1. The summed E-state index contributed by atoms with van der Waals surface area (Å²) in [5.41, 5.74) is 0.432. The molecule has 0 spiro atoms. The molecule has 0 N–H and O–H groups in total. The summed E-state index contributed by atoms with van der Waals surface area (Å²) in [6.07, 6.45) is 2.62. The second-order valence-corrected chi connectivity index (χ2v) is 3.52. The van der Waals surface area contributed by atoms with E-state index >= 15 is 0 Å². The van der Waals surface area contributed by atoms with Crippen molar-refractivity contribution in [2.24, 2.45) is 0 Å². The summed E-state index contributed by atoms with van der Waals surface area (Å²) in [6.45, 7) is 9.19. The first kappa shape index (κ1) is 12.9. The summed E-state index contributed by atoms with van der Waals surface area (Å²) in [5.74, 6) is -0.332. The Hall–Kier alpha value is -1.09. The van der Waals surface area contributed by atoms with E-state index in [0.29, 0.717) is 12.2 Å². The fraction of sp³-hybridized carbons (Fsp3) is 0.545. The van der Waals surface area contributed by atoms with Gasteiger partial charge in [-0.3, -0.25) is 0 Å². The van der Waals surface area contributed by atoms with E-state index in [0.717, 1.165) is 6.42 Å². The van der Waals surface area contributed by atoms with Crippen LogP contribution in [0.1, 0.15) is 13.3 Å². The van der Waals surface area contributed by atoms with Crippen LogP contribution in [-0.2, 0) is 9.53 Å². The lowest BCUT2D eigenvalue weighted by Gasteiger charge is -2.22. The van der Waals surface area contributed by atoms with Crippen molar-refractivity contribution in [3.63, 3.8) is 0 Å². The van der Waals surface area contributed by atoms with E-state index in [1.165, 1.54) is 0 Å². The Morgan fingerprint density at radius 2 is 2.14 bits per heavy atom. The molecule has 0 aromatic heterocycles. The molecule has 0 saturated heterocycles. The predicted molar refractivity (Wildman–Crippen MR) is 58.1 cm³/mol. The molecule has 0 heterocycles. The van der Waals surface area contributed by atoms with Gasteiger partial charge in [0.15, 0.2) is 0 Å². The molecule has 0 radical (unpaired) electrons. The summed E-state index contributed by atoms with van der Waals surface area (Å²) >= 11 is 0. The van der Waals surface area contributed by atoms with Gasteiger partial charge in [0, 0.05) is 11.6 Å². The number of nitrogens with zero attached hydrogens (tertiary/aromatic N) is 1. The minimum absolute atomic E-state index is 0.191. The van der Waals surface area contributed by atoms with Crippen LogP contribution in [0.5, 0.6) is 0 Å². The number of ether oxygens (including phenoxy) is 1. The van der Waals surface area contributed by atoms with Crippen LogP contribution in [0.25, 0.3) is 0 Å². The van der Waals surface area contributed by atoms with E-state index < -0.39 is 0 Å².